The summed E-state index contributed by atoms with van der Waals surface area (Å²) < 4.78 is 7.52. The van der Waals surface area contributed by atoms with Crippen LogP contribution >= 0.6 is 23.2 Å². The van der Waals surface area contributed by atoms with E-state index in [4.69, 9.17) is 27.6 Å². The zero-order valence-corrected chi connectivity index (χ0v) is 17.4. The molecule has 0 saturated heterocycles. The van der Waals surface area contributed by atoms with Crippen LogP contribution < -0.4 is 5.32 Å². The minimum atomic E-state index is -0.254. The van der Waals surface area contributed by atoms with Gasteiger partial charge in [0.05, 0.1) is 24.6 Å². The highest BCUT2D eigenvalue weighted by Gasteiger charge is 2.19. The minimum absolute atomic E-state index is 0.0507. The lowest BCUT2D eigenvalue weighted by Crippen LogP contribution is -2.16. The van der Waals surface area contributed by atoms with E-state index in [2.05, 4.69) is 15.3 Å². The van der Waals surface area contributed by atoms with Gasteiger partial charge in [0.15, 0.2) is 0 Å². The number of rotatable bonds is 5. The van der Waals surface area contributed by atoms with Crippen LogP contribution in [-0.2, 0) is 17.8 Å². The molecular formula is C21H18Cl2N4O2. The second kappa shape index (κ2) is 7.89. The Labute approximate surface area is 177 Å². The number of nitrogens with one attached hydrogen (secondary N) is 1. The number of benzene rings is 1. The Morgan fingerprint density at radius 3 is 2.59 bits per heavy atom. The first-order chi connectivity index (χ1) is 14.0. The van der Waals surface area contributed by atoms with Gasteiger partial charge in [-0.3, -0.25) is 4.79 Å². The van der Waals surface area contributed by atoms with Crippen molar-refractivity contribution in [3.8, 4) is 0 Å². The summed E-state index contributed by atoms with van der Waals surface area (Å²) in [6.07, 6.45) is 3.14. The quantitative estimate of drug-likeness (QED) is 0.475. The summed E-state index contributed by atoms with van der Waals surface area (Å²) in [5.74, 6) is 1.03. The number of anilines is 1. The summed E-state index contributed by atoms with van der Waals surface area (Å²) in [5.41, 5.74) is 3.35. The SMILES string of the molecule is Cc1c(C)n(Cc2ccco2)c2ncnc(NC(=O)Cc3c(Cl)cccc3Cl)c12. The summed E-state index contributed by atoms with van der Waals surface area (Å²) >= 11 is 12.4. The van der Waals surface area contributed by atoms with Gasteiger partial charge >= 0.3 is 0 Å². The lowest BCUT2D eigenvalue weighted by molar-refractivity contribution is -0.115. The number of halogens is 2. The van der Waals surface area contributed by atoms with Gasteiger partial charge in [-0.05, 0) is 49.2 Å². The molecule has 3 heterocycles. The van der Waals surface area contributed by atoms with Crippen molar-refractivity contribution in [2.24, 2.45) is 0 Å². The average Bonchev–Trinajstić information content (AvgIpc) is 3.28. The first-order valence-electron chi connectivity index (χ1n) is 9.01. The van der Waals surface area contributed by atoms with E-state index < -0.39 is 0 Å². The Morgan fingerprint density at radius 2 is 1.90 bits per heavy atom. The number of aromatic nitrogens is 3. The van der Waals surface area contributed by atoms with E-state index in [-0.39, 0.29) is 12.3 Å². The largest absolute Gasteiger partial charge is 0.467 e. The Kier molecular flexibility index (Phi) is 5.30. The third-order valence-corrected chi connectivity index (χ3v) is 5.66. The molecule has 1 N–H and O–H groups in total. The second-order valence-electron chi connectivity index (χ2n) is 6.72. The highest BCUT2D eigenvalue weighted by molar-refractivity contribution is 6.36. The van der Waals surface area contributed by atoms with Crippen molar-refractivity contribution >= 4 is 46.0 Å². The fourth-order valence-corrected chi connectivity index (χ4v) is 3.88. The molecule has 8 heteroatoms. The molecule has 6 nitrogen and oxygen atoms in total. The van der Waals surface area contributed by atoms with E-state index in [1.807, 2.05) is 30.5 Å². The van der Waals surface area contributed by atoms with Crippen LogP contribution in [0.15, 0.2) is 47.3 Å². The Bertz CT molecular complexity index is 1180. The molecule has 0 spiro atoms. The van der Waals surface area contributed by atoms with Gasteiger partial charge in [-0.15, -0.1) is 0 Å². The first-order valence-corrected chi connectivity index (χ1v) is 9.76. The van der Waals surface area contributed by atoms with Gasteiger partial charge < -0.3 is 14.3 Å². The zero-order chi connectivity index (χ0) is 20.5. The molecule has 4 aromatic rings. The van der Waals surface area contributed by atoms with Gasteiger partial charge in [-0.2, -0.15) is 0 Å². The van der Waals surface area contributed by atoms with E-state index in [0.29, 0.717) is 28.0 Å². The van der Waals surface area contributed by atoms with Crippen LogP contribution in [0.5, 0.6) is 0 Å². The lowest BCUT2D eigenvalue weighted by atomic mass is 10.1. The molecule has 0 saturated carbocycles. The topological polar surface area (TPSA) is 73.0 Å². The molecule has 0 bridgehead atoms. The summed E-state index contributed by atoms with van der Waals surface area (Å²) in [7, 11) is 0. The monoisotopic (exact) mass is 428 g/mol. The van der Waals surface area contributed by atoms with Gasteiger partial charge in [0.25, 0.3) is 0 Å². The smallest absolute Gasteiger partial charge is 0.230 e. The van der Waals surface area contributed by atoms with Crippen LogP contribution in [0.3, 0.4) is 0 Å². The Hall–Kier alpha value is -2.83. The summed E-state index contributed by atoms with van der Waals surface area (Å²) in [4.78, 5) is 21.4. The number of hydrogen-bond donors (Lipinski definition) is 1. The molecule has 29 heavy (non-hydrogen) atoms. The summed E-state index contributed by atoms with van der Waals surface area (Å²) in [6.45, 7) is 4.54. The molecule has 4 rings (SSSR count). The number of furan rings is 1. The van der Waals surface area contributed by atoms with Crippen LogP contribution in [0, 0.1) is 13.8 Å². The van der Waals surface area contributed by atoms with Gasteiger partial charge in [0.1, 0.15) is 23.6 Å². The van der Waals surface area contributed by atoms with Crippen molar-refractivity contribution in [2.75, 3.05) is 5.32 Å². The van der Waals surface area contributed by atoms with Crippen LogP contribution in [0.1, 0.15) is 22.6 Å². The summed E-state index contributed by atoms with van der Waals surface area (Å²) in [5, 5.41) is 4.60. The number of carbonyl (C=O) groups is 1. The van der Waals surface area contributed by atoms with Crippen LogP contribution in [0.25, 0.3) is 11.0 Å². The van der Waals surface area contributed by atoms with Crippen molar-refractivity contribution in [3.63, 3.8) is 0 Å². The first kappa shape index (κ1) is 19.5. The van der Waals surface area contributed by atoms with Gasteiger partial charge in [-0.1, -0.05) is 29.3 Å². The molecule has 0 unspecified atom stereocenters. The number of amides is 1. The third-order valence-electron chi connectivity index (χ3n) is 4.96. The Balaban J connectivity index is 1.67. The molecule has 1 amide bonds. The number of fused-ring (bicyclic) bond motifs is 1. The van der Waals surface area contributed by atoms with Gasteiger partial charge in [-0.25, -0.2) is 9.97 Å². The molecule has 0 atom stereocenters. The van der Waals surface area contributed by atoms with E-state index >= 15 is 0 Å². The number of aryl methyl sites for hydroxylation is 1. The van der Waals surface area contributed by atoms with Crippen LogP contribution in [0.4, 0.5) is 5.82 Å². The molecule has 1 aromatic carbocycles. The number of carbonyl (C=O) groups excluding carboxylic acids is 1. The maximum atomic E-state index is 12.7. The fraction of sp³-hybridized carbons (Fsp3) is 0.190. The third kappa shape index (κ3) is 3.73. The van der Waals surface area contributed by atoms with Crippen molar-refractivity contribution < 1.29 is 9.21 Å². The molecule has 3 aromatic heterocycles. The zero-order valence-electron chi connectivity index (χ0n) is 15.9. The highest BCUT2D eigenvalue weighted by Crippen LogP contribution is 2.30. The molecule has 148 valence electrons. The molecule has 0 fully saturated rings. The van der Waals surface area contributed by atoms with E-state index in [1.165, 1.54) is 6.33 Å². The average molecular weight is 429 g/mol. The summed E-state index contributed by atoms with van der Waals surface area (Å²) in [6, 6.07) is 8.93. The Morgan fingerprint density at radius 1 is 1.14 bits per heavy atom. The molecule has 0 aliphatic rings. The molecule has 0 aliphatic heterocycles. The number of hydrogen-bond acceptors (Lipinski definition) is 4. The van der Waals surface area contributed by atoms with Gasteiger partial charge in [0.2, 0.25) is 5.91 Å². The van der Waals surface area contributed by atoms with E-state index in [9.17, 15) is 4.79 Å². The standard InChI is InChI=1S/C21H18Cl2N4O2/c1-12-13(2)27(10-14-5-4-8-29-14)21-19(12)20(24-11-25-21)26-18(28)9-15-16(22)6-3-7-17(15)23/h3-8,11H,9-10H2,1-2H3,(H,24,25,26,28). The second-order valence-corrected chi connectivity index (χ2v) is 7.54. The predicted molar refractivity (Wildman–Crippen MR) is 114 cm³/mol. The van der Waals surface area contributed by atoms with Crippen molar-refractivity contribution in [3.05, 3.63) is 75.5 Å². The minimum Gasteiger partial charge on any atom is -0.467 e. The van der Waals surface area contributed by atoms with Crippen molar-refractivity contribution in [2.45, 2.75) is 26.8 Å². The lowest BCUT2D eigenvalue weighted by Gasteiger charge is -2.09. The van der Waals surface area contributed by atoms with Crippen LogP contribution in [0.2, 0.25) is 10.0 Å². The van der Waals surface area contributed by atoms with E-state index in [0.717, 1.165) is 28.1 Å². The highest BCUT2D eigenvalue weighted by atomic mass is 35.5. The normalized spacial score (nSPS) is 11.2. The van der Waals surface area contributed by atoms with Crippen molar-refractivity contribution in [1.82, 2.24) is 14.5 Å². The fourth-order valence-electron chi connectivity index (χ4n) is 3.35. The predicted octanol–water partition coefficient (Wildman–Crippen LogP) is 5.18. The maximum Gasteiger partial charge on any atom is 0.230 e. The number of nitrogens with zero attached hydrogens (tertiary/aromatic N) is 3. The van der Waals surface area contributed by atoms with Gasteiger partial charge in [0, 0.05) is 15.7 Å². The van der Waals surface area contributed by atoms with E-state index in [1.54, 1.807) is 24.5 Å². The molecule has 0 aliphatic carbocycles. The maximum absolute atomic E-state index is 12.7. The molecular weight excluding hydrogens is 411 g/mol. The van der Waals surface area contributed by atoms with Crippen molar-refractivity contribution in [1.29, 1.82) is 0 Å². The molecule has 0 radical (unpaired) electrons. The van der Waals surface area contributed by atoms with Crippen LogP contribution in [-0.4, -0.2) is 20.4 Å².